The maximum atomic E-state index is 3.66. The van der Waals surface area contributed by atoms with Crippen molar-refractivity contribution in [3.63, 3.8) is 0 Å². The number of hydrogen-bond acceptors (Lipinski definition) is 3. The zero-order valence-corrected chi connectivity index (χ0v) is 33.9. The monoisotopic (exact) mass is 584 g/mol. The van der Waals surface area contributed by atoms with Crippen LogP contribution in [-0.4, -0.2) is 45.7 Å². The van der Waals surface area contributed by atoms with Crippen molar-refractivity contribution >= 4 is 0 Å². The molecule has 2 N–H and O–H groups in total. The lowest BCUT2D eigenvalue weighted by atomic mass is 9.66. The van der Waals surface area contributed by atoms with Crippen LogP contribution in [0.2, 0.25) is 0 Å². The maximum Gasteiger partial charge on any atom is 0.0166 e. The van der Waals surface area contributed by atoms with Gasteiger partial charge in [0.25, 0.3) is 0 Å². The molecule has 0 aromatic carbocycles. The third-order valence-electron chi connectivity index (χ3n) is 7.17. The van der Waals surface area contributed by atoms with Crippen molar-refractivity contribution in [3.05, 3.63) is 0 Å². The zero-order valence-electron chi connectivity index (χ0n) is 33.9. The molecule has 0 aliphatic heterocycles. The Bertz CT molecular complexity index is 629. The van der Waals surface area contributed by atoms with E-state index < -0.39 is 0 Å². The number of rotatable bonds is 4. The predicted molar refractivity (Wildman–Crippen MR) is 192 cm³/mol. The normalized spacial score (nSPS) is 14.8. The first-order chi connectivity index (χ1) is 17.3. The molecule has 0 amide bonds. The van der Waals surface area contributed by atoms with Crippen LogP contribution >= 0.6 is 0 Å². The Morgan fingerprint density at radius 3 is 0.805 bits per heavy atom. The molecule has 0 radical (unpaired) electrons. The van der Waals surface area contributed by atoms with Crippen LogP contribution in [0.4, 0.5) is 0 Å². The first-order valence-corrected chi connectivity index (χ1v) is 16.6. The molecule has 3 heteroatoms. The van der Waals surface area contributed by atoms with Gasteiger partial charge >= 0.3 is 0 Å². The summed E-state index contributed by atoms with van der Waals surface area (Å²) in [6.07, 6.45) is 0. The average Bonchev–Trinajstić information content (AvgIpc) is 2.50. The average molecular weight is 584 g/mol. The Kier molecular flexibility index (Phi) is 16.9. The predicted octanol–water partition coefficient (Wildman–Crippen LogP) is 11.2. The summed E-state index contributed by atoms with van der Waals surface area (Å²) in [6, 6.07) is 1.11. The SMILES string of the molecule is CC(C)(C)N(C(C)(C)C)C(C)(C)C.CC(C)(C)NCC(C(C)(C)C)C(C)(C)C.CC(C)NC(C(C)(C)C)C(C)(C)C. The topological polar surface area (TPSA) is 27.3 Å². The Morgan fingerprint density at radius 2 is 0.707 bits per heavy atom. The summed E-state index contributed by atoms with van der Waals surface area (Å²) < 4.78 is 0. The lowest BCUT2D eigenvalue weighted by molar-refractivity contribution is -0.0402. The molecule has 0 fully saturated rings. The van der Waals surface area contributed by atoms with Gasteiger partial charge in [0.1, 0.15) is 0 Å². The van der Waals surface area contributed by atoms with Gasteiger partial charge in [-0.1, -0.05) is 96.9 Å². The van der Waals surface area contributed by atoms with Gasteiger partial charge in [0.15, 0.2) is 0 Å². The summed E-state index contributed by atoms with van der Waals surface area (Å²) in [5, 5.41) is 7.29. The van der Waals surface area contributed by atoms with Crippen molar-refractivity contribution in [2.45, 2.75) is 214 Å². The van der Waals surface area contributed by atoms with Gasteiger partial charge in [-0.05, 0) is 117 Å². The zero-order chi connectivity index (χ0) is 34.4. The van der Waals surface area contributed by atoms with E-state index in [1.165, 1.54) is 0 Å². The molecule has 0 saturated carbocycles. The molecule has 0 aromatic rings. The second kappa shape index (κ2) is 15.2. The van der Waals surface area contributed by atoms with Gasteiger partial charge in [0.05, 0.1) is 0 Å². The summed E-state index contributed by atoms with van der Waals surface area (Å²) in [5.74, 6) is 0.684. The summed E-state index contributed by atoms with van der Waals surface area (Å²) in [5.41, 5.74) is 2.23. The van der Waals surface area contributed by atoms with Crippen molar-refractivity contribution in [1.82, 2.24) is 15.5 Å². The van der Waals surface area contributed by atoms with E-state index in [9.17, 15) is 0 Å². The Balaban J connectivity index is -0.000000530. The van der Waals surface area contributed by atoms with E-state index in [4.69, 9.17) is 0 Å². The minimum Gasteiger partial charge on any atom is -0.312 e. The van der Waals surface area contributed by atoms with Crippen LogP contribution < -0.4 is 10.6 Å². The molecular weight excluding hydrogens is 498 g/mol. The molecule has 3 nitrogen and oxygen atoms in total. The van der Waals surface area contributed by atoms with E-state index in [1.807, 2.05) is 0 Å². The second-order valence-corrected chi connectivity index (χ2v) is 21.2. The molecular formula is C38H85N3. The maximum absolute atomic E-state index is 3.66. The van der Waals surface area contributed by atoms with Crippen LogP contribution in [0.5, 0.6) is 0 Å². The fourth-order valence-corrected chi connectivity index (χ4v) is 7.47. The summed E-state index contributed by atoms with van der Waals surface area (Å²) in [4.78, 5) is 2.56. The minimum atomic E-state index is 0.217. The van der Waals surface area contributed by atoms with Gasteiger partial charge in [0, 0.05) is 34.2 Å². The summed E-state index contributed by atoms with van der Waals surface area (Å²) >= 11 is 0. The smallest absolute Gasteiger partial charge is 0.0166 e. The third kappa shape index (κ3) is 21.3. The van der Waals surface area contributed by atoms with Gasteiger partial charge in [-0.25, -0.2) is 0 Å². The standard InChI is InChI=1S/C14H31N.2C12H27N/c1-12(2,3)11(13(4,5)6)10-15-14(7,8)9;1-10(2,3)13(11(4,5)6)12(7,8)9;1-9(2)13-10(11(3,4)5)12(6,7)8/h11,15H,10H2,1-9H3;1-9H3;9-10,13H,1-8H3. The molecule has 0 saturated heterocycles. The summed E-state index contributed by atoms with van der Waals surface area (Å²) in [7, 11) is 0. The molecule has 41 heavy (non-hydrogen) atoms. The van der Waals surface area contributed by atoms with Crippen molar-refractivity contribution in [3.8, 4) is 0 Å². The molecule has 252 valence electrons. The van der Waals surface area contributed by atoms with Crippen LogP contribution in [-0.2, 0) is 0 Å². The first kappa shape index (κ1) is 45.3. The molecule has 0 aliphatic carbocycles. The van der Waals surface area contributed by atoms with Gasteiger partial charge < -0.3 is 10.6 Å². The first-order valence-electron chi connectivity index (χ1n) is 16.6. The van der Waals surface area contributed by atoms with Crippen LogP contribution in [0, 0.1) is 27.6 Å². The van der Waals surface area contributed by atoms with E-state index in [1.54, 1.807) is 0 Å². The number of nitrogens with one attached hydrogen (secondary N) is 2. The van der Waals surface area contributed by atoms with E-state index >= 15 is 0 Å². The van der Waals surface area contributed by atoms with Crippen LogP contribution in [0.3, 0.4) is 0 Å². The fourth-order valence-electron chi connectivity index (χ4n) is 7.47. The largest absolute Gasteiger partial charge is 0.312 e. The molecule has 0 bridgehead atoms. The highest BCUT2D eigenvalue weighted by molar-refractivity contribution is 4.95. The van der Waals surface area contributed by atoms with Gasteiger partial charge in [-0.15, -0.1) is 0 Å². The summed E-state index contributed by atoms with van der Waals surface area (Å²) in [6.45, 7) is 60.6. The Hall–Kier alpha value is -0.120. The third-order valence-corrected chi connectivity index (χ3v) is 7.17. The molecule has 0 heterocycles. The van der Waals surface area contributed by atoms with E-state index in [0.717, 1.165) is 6.54 Å². The highest BCUT2D eigenvalue weighted by Gasteiger charge is 2.39. The number of hydrogen-bond donors (Lipinski definition) is 2. The molecule has 0 aliphatic rings. The molecule has 0 unspecified atom stereocenters. The highest BCUT2D eigenvalue weighted by Crippen LogP contribution is 2.39. The quantitative estimate of drug-likeness (QED) is 0.344. The molecule has 0 atom stereocenters. The minimum absolute atomic E-state index is 0.217. The van der Waals surface area contributed by atoms with Crippen molar-refractivity contribution in [1.29, 1.82) is 0 Å². The molecule has 0 aromatic heterocycles. The van der Waals surface area contributed by atoms with E-state index in [-0.39, 0.29) is 22.2 Å². The van der Waals surface area contributed by atoms with Crippen molar-refractivity contribution in [2.24, 2.45) is 27.6 Å². The lowest BCUT2D eigenvalue weighted by Crippen LogP contribution is -2.60. The van der Waals surface area contributed by atoms with Crippen LogP contribution in [0.15, 0.2) is 0 Å². The number of nitrogens with zero attached hydrogens (tertiary/aromatic N) is 1. The van der Waals surface area contributed by atoms with Gasteiger partial charge in [-0.2, -0.15) is 0 Å². The molecule has 0 rings (SSSR count). The Labute approximate surface area is 263 Å². The lowest BCUT2D eigenvalue weighted by Gasteiger charge is -2.53. The van der Waals surface area contributed by atoms with Crippen molar-refractivity contribution < 1.29 is 0 Å². The van der Waals surface area contributed by atoms with Crippen molar-refractivity contribution in [2.75, 3.05) is 6.54 Å². The van der Waals surface area contributed by atoms with Crippen LogP contribution in [0.1, 0.15) is 180 Å². The highest BCUT2D eigenvalue weighted by atomic mass is 15.3. The fraction of sp³-hybridized carbons (Fsp3) is 1.00. The molecule has 0 spiro atoms. The van der Waals surface area contributed by atoms with E-state index in [0.29, 0.717) is 39.7 Å². The second-order valence-electron chi connectivity index (χ2n) is 21.2. The van der Waals surface area contributed by atoms with Gasteiger partial charge in [0.2, 0.25) is 0 Å². The van der Waals surface area contributed by atoms with Crippen LogP contribution in [0.25, 0.3) is 0 Å². The Morgan fingerprint density at radius 1 is 0.439 bits per heavy atom. The van der Waals surface area contributed by atoms with Gasteiger partial charge in [-0.3, -0.25) is 4.90 Å². The van der Waals surface area contributed by atoms with E-state index in [2.05, 4.69) is 196 Å².